The van der Waals surface area contributed by atoms with Gasteiger partial charge in [0.25, 0.3) is 5.91 Å². The molecule has 1 aromatic heterocycles. The zero-order valence-corrected chi connectivity index (χ0v) is 16.4. The number of rotatable bonds is 3. The molecule has 0 radical (unpaired) electrons. The van der Waals surface area contributed by atoms with Crippen molar-refractivity contribution in [2.45, 2.75) is 18.1 Å². The number of likely N-dealkylation sites (tertiary alicyclic amines) is 1. The van der Waals surface area contributed by atoms with Crippen LogP contribution in [0.15, 0.2) is 35.7 Å². The second kappa shape index (κ2) is 7.14. The summed E-state index contributed by atoms with van der Waals surface area (Å²) < 4.78 is 11.2. The lowest BCUT2D eigenvalue weighted by molar-refractivity contribution is -0.0810. The van der Waals surface area contributed by atoms with Crippen LogP contribution < -0.4 is 9.47 Å². The number of piperidine rings is 1. The van der Waals surface area contributed by atoms with E-state index in [4.69, 9.17) is 9.47 Å². The summed E-state index contributed by atoms with van der Waals surface area (Å²) in [5.74, 6) is 1.15. The van der Waals surface area contributed by atoms with E-state index in [1.54, 1.807) is 0 Å². The highest BCUT2D eigenvalue weighted by molar-refractivity contribution is 7.12. The van der Waals surface area contributed by atoms with Crippen molar-refractivity contribution in [1.82, 2.24) is 9.80 Å². The van der Waals surface area contributed by atoms with Gasteiger partial charge < -0.3 is 24.4 Å². The Morgan fingerprint density at radius 3 is 2.74 bits per heavy atom. The van der Waals surface area contributed by atoms with Gasteiger partial charge >= 0.3 is 0 Å². The topological polar surface area (TPSA) is 62.2 Å². The van der Waals surface area contributed by atoms with E-state index in [2.05, 4.69) is 0 Å². The van der Waals surface area contributed by atoms with Gasteiger partial charge in [-0.2, -0.15) is 0 Å². The summed E-state index contributed by atoms with van der Waals surface area (Å²) in [5, 5.41) is 13.3. The predicted molar refractivity (Wildman–Crippen MR) is 104 cm³/mol. The maximum Gasteiger partial charge on any atom is 0.267 e. The summed E-state index contributed by atoms with van der Waals surface area (Å²) >= 11 is 1.36. The van der Waals surface area contributed by atoms with Crippen LogP contribution in [0.4, 0.5) is 0 Å². The first-order valence-corrected chi connectivity index (χ1v) is 9.99. The molecular weight excluding hydrogens is 364 g/mol. The lowest BCUT2D eigenvalue weighted by atomic mass is 9.80. The van der Waals surface area contributed by atoms with Crippen LogP contribution in [-0.2, 0) is 5.60 Å². The monoisotopic (exact) mass is 388 g/mol. The fourth-order valence-electron chi connectivity index (χ4n) is 3.92. The van der Waals surface area contributed by atoms with Crippen LogP contribution in [0.3, 0.4) is 0 Å². The van der Waals surface area contributed by atoms with Crippen molar-refractivity contribution in [3.05, 3.63) is 46.2 Å². The average Bonchev–Trinajstić information content (AvgIpc) is 3.12. The van der Waals surface area contributed by atoms with Gasteiger partial charge in [-0.3, -0.25) is 4.79 Å². The predicted octanol–water partition coefficient (Wildman–Crippen LogP) is 2.18. The van der Waals surface area contributed by atoms with Crippen LogP contribution in [0.25, 0.3) is 0 Å². The molecule has 1 N–H and O–H groups in total. The summed E-state index contributed by atoms with van der Waals surface area (Å²) in [6.45, 7) is 1.90. The van der Waals surface area contributed by atoms with Gasteiger partial charge in [-0.25, -0.2) is 0 Å². The number of likely N-dealkylation sites (N-methyl/N-ethyl adjacent to an activating group) is 1. The Kier molecular flexibility index (Phi) is 4.84. The Labute approximate surface area is 162 Å². The van der Waals surface area contributed by atoms with Crippen LogP contribution in [0.1, 0.15) is 21.7 Å². The largest absolute Gasteiger partial charge is 0.485 e. The third kappa shape index (κ3) is 3.20. The number of benzene rings is 1. The average molecular weight is 388 g/mol. The fraction of sp³-hybridized carbons (Fsp3) is 0.450. The van der Waals surface area contributed by atoms with Crippen LogP contribution in [0.5, 0.6) is 11.5 Å². The Morgan fingerprint density at radius 1 is 1.26 bits per heavy atom. The van der Waals surface area contributed by atoms with Crippen molar-refractivity contribution in [2.24, 2.45) is 0 Å². The molecule has 27 heavy (non-hydrogen) atoms. The van der Waals surface area contributed by atoms with Gasteiger partial charge in [0.2, 0.25) is 0 Å². The molecule has 2 aliphatic rings. The molecule has 1 fully saturated rings. The fourth-order valence-corrected chi connectivity index (χ4v) is 4.81. The highest BCUT2D eigenvalue weighted by Crippen LogP contribution is 2.41. The van der Waals surface area contributed by atoms with Gasteiger partial charge in [-0.1, -0.05) is 30.3 Å². The number of carbonyl (C=O) groups excluding carboxylic acids is 1. The number of thiophene rings is 1. The highest BCUT2D eigenvalue weighted by Gasteiger charge is 2.45. The summed E-state index contributed by atoms with van der Waals surface area (Å²) in [7, 11) is 3.88. The molecule has 6 nitrogen and oxygen atoms in total. The molecule has 1 amide bonds. The summed E-state index contributed by atoms with van der Waals surface area (Å²) in [4.78, 5) is 17.5. The number of hydrogen-bond acceptors (Lipinski definition) is 6. The van der Waals surface area contributed by atoms with E-state index in [0.717, 1.165) is 5.56 Å². The number of nitrogens with zero attached hydrogens (tertiary/aromatic N) is 2. The molecule has 2 atom stereocenters. The molecule has 144 valence electrons. The van der Waals surface area contributed by atoms with Gasteiger partial charge in [0, 0.05) is 18.5 Å². The van der Waals surface area contributed by atoms with E-state index in [0.29, 0.717) is 49.1 Å². The van der Waals surface area contributed by atoms with Crippen molar-refractivity contribution >= 4 is 17.2 Å². The van der Waals surface area contributed by atoms with Crippen LogP contribution in [0.2, 0.25) is 0 Å². The molecule has 1 saturated heterocycles. The van der Waals surface area contributed by atoms with Gasteiger partial charge in [0.1, 0.15) is 23.7 Å². The van der Waals surface area contributed by atoms with Crippen LogP contribution in [-0.4, -0.2) is 67.3 Å². The van der Waals surface area contributed by atoms with E-state index >= 15 is 0 Å². The number of fused-ring (bicyclic) bond motifs is 1. The van der Waals surface area contributed by atoms with E-state index in [-0.39, 0.29) is 11.9 Å². The number of carbonyl (C=O) groups is 1. The van der Waals surface area contributed by atoms with E-state index < -0.39 is 5.60 Å². The Bertz CT molecular complexity index is 823. The zero-order valence-electron chi connectivity index (χ0n) is 15.6. The second-order valence-corrected chi connectivity index (χ2v) is 8.11. The molecule has 7 heteroatoms. The van der Waals surface area contributed by atoms with Crippen molar-refractivity contribution in [3.8, 4) is 11.5 Å². The van der Waals surface area contributed by atoms with Crippen LogP contribution in [0, 0.1) is 0 Å². The zero-order chi connectivity index (χ0) is 19.0. The number of ether oxygens (including phenoxy) is 2. The van der Waals surface area contributed by atoms with E-state index in [1.165, 1.54) is 11.3 Å². The Morgan fingerprint density at radius 2 is 2.00 bits per heavy atom. The maximum atomic E-state index is 13.1. The molecule has 4 rings (SSSR count). The van der Waals surface area contributed by atoms with E-state index in [9.17, 15) is 9.90 Å². The number of amides is 1. The van der Waals surface area contributed by atoms with Gasteiger partial charge in [0.05, 0.1) is 6.04 Å². The SMILES string of the molecule is CN(C)[C@@H]1CN(C(=O)c2scc3c2OCCO3)CC[C@]1(O)c1ccccc1. The first-order chi connectivity index (χ1) is 13.0. The minimum atomic E-state index is -0.990. The van der Waals surface area contributed by atoms with Crippen molar-refractivity contribution in [3.63, 3.8) is 0 Å². The molecule has 3 heterocycles. The molecular formula is C20H24N2O4S. The summed E-state index contributed by atoms with van der Waals surface area (Å²) in [6, 6.07) is 9.52. The third-order valence-corrected chi connectivity index (χ3v) is 6.31. The van der Waals surface area contributed by atoms with Crippen molar-refractivity contribution in [1.29, 1.82) is 0 Å². The molecule has 0 saturated carbocycles. The third-order valence-electron chi connectivity index (χ3n) is 5.39. The second-order valence-electron chi connectivity index (χ2n) is 7.23. The Hall–Kier alpha value is -2.09. The standard InChI is InChI=1S/C20H24N2O4S/c1-21(2)16-12-22(9-8-20(16,24)14-6-4-3-5-7-14)19(23)18-17-15(13-27-18)25-10-11-26-17/h3-7,13,16,24H,8-12H2,1-2H3/t16-,20+/m1/s1. The normalized spacial score (nSPS) is 24.9. The summed E-state index contributed by atoms with van der Waals surface area (Å²) in [5.41, 5.74) is -0.100. The van der Waals surface area contributed by atoms with Gasteiger partial charge in [0.15, 0.2) is 11.5 Å². The number of hydrogen-bond donors (Lipinski definition) is 1. The summed E-state index contributed by atoms with van der Waals surface area (Å²) in [6.07, 6.45) is 0.483. The minimum absolute atomic E-state index is 0.0614. The molecule has 0 unspecified atom stereocenters. The molecule has 0 bridgehead atoms. The quantitative estimate of drug-likeness (QED) is 0.873. The molecule has 0 spiro atoms. The van der Waals surface area contributed by atoms with E-state index in [1.807, 2.05) is 59.6 Å². The lowest BCUT2D eigenvalue weighted by Gasteiger charge is -2.47. The van der Waals surface area contributed by atoms with Gasteiger partial charge in [-0.15, -0.1) is 11.3 Å². The smallest absolute Gasteiger partial charge is 0.267 e. The number of aliphatic hydroxyl groups is 1. The Balaban J connectivity index is 1.59. The molecule has 2 aromatic rings. The van der Waals surface area contributed by atoms with Crippen molar-refractivity contribution in [2.75, 3.05) is 40.4 Å². The lowest BCUT2D eigenvalue weighted by Crippen LogP contribution is -2.60. The first kappa shape index (κ1) is 18.3. The minimum Gasteiger partial charge on any atom is -0.485 e. The first-order valence-electron chi connectivity index (χ1n) is 9.11. The van der Waals surface area contributed by atoms with Crippen molar-refractivity contribution < 1.29 is 19.4 Å². The maximum absolute atomic E-state index is 13.1. The highest BCUT2D eigenvalue weighted by atomic mass is 32.1. The molecule has 1 aromatic carbocycles. The van der Waals surface area contributed by atoms with Crippen LogP contribution >= 0.6 is 11.3 Å². The molecule has 0 aliphatic carbocycles. The molecule has 2 aliphatic heterocycles. The van der Waals surface area contributed by atoms with Gasteiger partial charge in [-0.05, 0) is 26.1 Å².